The van der Waals surface area contributed by atoms with Crippen LogP contribution in [0.25, 0.3) is 0 Å². The first kappa shape index (κ1) is 13.4. The molecule has 0 aliphatic heterocycles. The summed E-state index contributed by atoms with van der Waals surface area (Å²) in [6, 6.07) is -0.118. The van der Waals surface area contributed by atoms with Crippen LogP contribution in [0, 0.1) is 11.8 Å². The Labute approximate surface area is 96.3 Å². The van der Waals surface area contributed by atoms with Gasteiger partial charge < -0.3 is 5.11 Å². The van der Waals surface area contributed by atoms with Crippen molar-refractivity contribution in [2.24, 2.45) is 11.8 Å². The lowest BCUT2D eigenvalue weighted by molar-refractivity contribution is -0.134. The molecule has 16 heavy (non-hydrogen) atoms. The maximum Gasteiger partial charge on any atom is 0.320 e. The van der Waals surface area contributed by atoms with E-state index in [4.69, 9.17) is 5.11 Å². The van der Waals surface area contributed by atoms with Crippen molar-refractivity contribution >= 4 is 16.0 Å². The largest absolute Gasteiger partial charge is 0.480 e. The Hall–Kier alpha value is -0.620. The minimum absolute atomic E-state index is 0.118. The van der Waals surface area contributed by atoms with Crippen molar-refractivity contribution in [3.8, 4) is 0 Å². The summed E-state index contributed by atoms with van der Waals surface area (Å²) in [7, 11) is -3.69. The standard InChI is InChI=1S/C10H19NO4S/c1-7-4-3-5-9(8(7)2)11-16(14,15)6-10(12)13/h7-9,11H,3-6H2,1-2H3,(H,12,13). The molecule has 0 aromatic carbocycles. The number of rotatable bonds is 4. The molecule has 1 saturated carbocycles. The summed E-state index contributed by atoms with van der Waals surface area (Å²) in [6.07, 6.45) is 2.90. The van der Waals surface area contributed by atoms with Crippen LogP contribution in [0.1, 0.15) is 33.1 Å². The summed E-state index contributed by atoms with van der Waals surface area (Å²) in [6.45, 7) is 4.11. The Kier molecular flexibility index (Phi) is 4.32. The van der Waals surface area contributed by atoms with Crippen molar-refractivity contribution in [1.82, 2.24) is 4.72 Å². The maximum atomic E-state index is 11.5. The fraction of sp³-hybridized carbons (Fsp3) is 0.900. The minimum Gasteiger partial charge on any atom is -0.480 e. The van der Waals surface area contributed by atoms with E-state index in [1.165, 1.54) is 0 Å². The van der Waals surface area contributed by atoms with Crippen molar-refractivity contribution in [3.05, 3.63) is 0 Å². The molecule has 0 amide bonds. The summed E-state index contributed by atoms with van der Waals surface area (Å²) in [5.74, 6) is -1.42. The van der Waals surface area contributed by atoms with Crippen LogP contribution in [0.3, 0.4) is 0 Å². The molecule has 0 spiro atoms. The number of carboxylic acids is 1. The average Bonchev–Trinajstić information content (AvgIpc) is 2.10. The van der Waals surface area contributed by atoms with Gasteiger partial charge in [0.25, 0.3) is 0 Å². The van der Waals surface area contributed by atoms with Crippen LogP contribution in [0.2, 0.25) is 0 Å². The summed E-state index contributed by atoms with van der Waals surface area (Å²) >= 11 is 0. The molecule has 0 bridgehead atoms. The minimum atomic E-state index is -3.69. The van der Waals surface area contributed by atoms with Crippen molar-refractivity contribution in [1.29, 1.82) is 0 Å². The van der Waals surface area contributed by atoms with Gasteiger partial charge in [-0.25, -0.2) is 13.1 Å². The molecule has 1 aliphatic carbocycles. The number of carbonyl (C=O) groups is 1. The molecule has 1 aliphatic rings. The number of carboxylic acid groups (broad SMARTS) is 1. The zero-order valence-corrected chi connectivity index (χ0v) is 10.5. The molecule has 2 N–H and O–H groups in total. The topological polar surface area (TPSA) is 83.5 Å². The van der Waals surface area contributed by atoms with E-state index >= 15 is 0 Å². The molecule has 5 nitrogen and oxygen atoms in total. The van der Waals surface area contributed by atoms with Gasteiger partial charge in [0.1, 0.15) is 0 Å². The molecular formula is C10H19NO4S. The number of sulfonamides is 1. The smallest absolute Gasteiger partial charge is 0.320 e. The van der Waals surface area contributed by atoms with E-state index in [0.29, 0.717) is 5.92 Å². The monoisotopic (exact) mass is 249 g/mol. The predicted molar refractivity (Wildman–Crippen MR) is 60.5 cm³/mol. The third-order valence-corrected chi connectivity index (χ3v) is 4.64. The molecule has 3 atom stereocenters. The number of aliphatic carboxylic acids is 1. The van der Waals surface area contributed by atoms with E-state index in [1.54, 1.807) is 0 Å². The molecule has 6 heteroatoms. The van der Waals surface area contributed by atoms with Gasteiger partial charge in [-0.15, -0.1) is 0 Å². The van der Waals surface area contributed by atoms with E-state index in [9.17, 15) is 13.2 Å². The van der Waals surface area contributed by atoms with Gasteiger partial charge in [-0.3, -0.25) is 4.79 Å². The molecule has 1 rings (SSSR count). The van der Waals surface area contributed by atoms with Crippen molar-refractivity contribution in [3.63, 3.8) is 0 Å². The predicted octanol–water partition coefficient (Wildman–Crippen LogP) is 0.815. The van der Waals surface area contributed by atoms with E-state index in [1.807, 2.05) is 6.92 Å². The lowest BCUT2D eigenvalue weighted by atomic mass is 9.78. The second-order valence-electron chi connectivity index (χ2n) is 4.64. The zero-order chi connectivity index (χ0) is 12.3. The molecule has 0 saturated heterocycles. The van der Waals surface area contributed by atoms with Gasteiger partial charge in [0.2, 0.25) is 10.0 Å². The second-order valence-corrected chi connectivity index (χ2v) is 6.40. The molecule has 0 aromatic rings. The summed E-state index contributed by atoms with van der Waals surface area (Å²) in [5, 5.41) is 8.48. The summed E-state index contributed by atoms with van der Waals surface area (Å²) in [4.78, 5) is 10.4. The van der Waals surface area contributed by atoms with Crippen molar-refractivity contribution < 1.29 is 18.3 Å². The van der Waals surface area contributed by atoms with Gasteiger partial charge in [0, 0.05) is 6.04 Å². The fourth-order valence-corrected chi connectivity index (χ4v) is 3.39. The molecule has 0 heterocycles. The SMILES string of the molecule is CC1CCCC(NS(=O)(=O)CC(=O)O)C1C. The first-order valence-electron chi connectivity index (χ1n) is 5.53. The zero-order valence-electron chi connectivity index (χ0n) is 9.64. The van der Waals surface area contributed by atoms with E-state index in [2.05, 4.69) is 11.6 Å². The first-order valence-corrected chi connectivity index (χ1v) is 7.19. The molecule has 0 aromatic heterocycles. The normalized spacial score (nSPS) is 31.2. The third-order valence-electron chi connectivity index (χ3n) is 3.35. The molecular weight excluding hydrogens is 230 g/mol. The van der Waals surface area contributed by atoms with Gasteiger partial charge in [-0.1, -0.05) is 26.7 Å². The third kappa shape index (κ3) is 3.75. The number of hydrogen-bond acceptors (Lipinski definition) is 3. The lowest BCUT2D eigenvalue weighted by Gasteiger charge is -2.34. The van der Waals surface area contributed by atoms with Gasteiger partial charge in [-0.05, 0) is 18.3 Å². The molecule has 94 valence electrons. The Morgan fingerprint density at radius 3 is 2.56 bits per heavy atom. The Balaban J connectivity index is 2.62. The van der Waals surface area contributed by atoms with Gasteiger partial charge in [0.05, 0.1) is 0 Å². The van der Waals surface area contributed by atoms with Gasteiger partial charge >= 0.3 is 5.97 Å². The van der Waals surface area contributed by atoms with Gasteiger partial charge in [0.15, 0.2) is 5.75 Å². The Bertz CT molecular complexity index is 352. The highest BCUT2D eigenvalue weighted by Crippen LogP contribution is 2.29. The van der Waals surface area contributed by atoms with Gasteiger partial charge in [-0.2, -0.15) is 0 Å². The highest BCUT2D eigenvalue weighted by Gasteiger charge is 2.30. The Morgan fingerprint density at radius 1 is 1.38 bits per heavy atom. The first-order chi connectivity index (χ1) is 7.32. The van der Waals surface area contributed by atoms with Crippen LogP contribution >= 0.6 is 0 Å². The van der Waals surface area contributed by atoms with Crippen LogP contribution < -0.4 is 4.72 Å². The Morgan fingerprint density at radius 2 is 2.00 bits per heavy atom. The van der Waals surface area contributed by atoms with E-state index in [0.717, 1.165) is 19.3 Å². The molecule has 1 fully saturated rings. The highest BCUT2D eigenvalue weighted by atomic mass is 32.2. The van der Waals surface area contributed by atoms with E-state index < -0.39 is 21.7 Å². The quantitative estimate of drug-likeness (QED) is 0.772. The lowest BCUT2D eigenvalue weighted by Crippen LogP contribution is -2.45. The second kappa shape index (κ2) is 5.14. The number of hydrogen-bond donors (Lipinski definition) is 2. The van der Waals surface area contributed by atoms with Crippen molar-refractivity contribution in [2.45, 2.75) is 39.2 Å². The fourth-order valence-electron chi connectivity index (χ4n) is 2.18. The van der Waals surface area contributed by atoms with Crippen molar-refractivity contribution in [2.75, 3.05) is 5.75 Å². The summed E-state index contributed by atoms with van der Waals surface area (Å²) < 4.78 is 25.4. The van der Waals surface area contributed by atoms with Crippen LogP contribution in [-0.2, 0) is 14.8 Å². The molecule has 3 unspecified atom stereocenters. The van der Waals surface area contributed by atoms with Crippen LogP contribution in [-0.4, -0.2) is 31.3 Å². The van der Waals surface area contributed by atoms with Crippen LogP contribution in [0.4, 0.5) is 0 Å². The highest BCUT2D eigenvalue weighted by molar-refractivity contribution is 7.90. The number of nitrogens with one attached hydrogen (secondary N) is 1. The maximum absolute atomic E-state index is 11.5. The van der Waals surface area contributed by atoms with E-state index in [-0.39, 0.29) is 12.0 Å². The van der Waals surface area contributed by atoms with Crippen LogP contribution in [0.5, 0.6) is 0 Å². The molecule has 0 radical (unpaired) electrons. The summed E-state index contributed by atoms with van der Waals surface area (Å²) in [5.41, 5.74) is 0. The van der Waals surface area contributed by atoms with Crippen LogP contribution in [0.15, 0.2) is 0 Å². The average molecular weight is 249 g/mol.